The van der Waals surface area contributed by atoms with Crippen LogP contribution in [-0.4, -0.2) is 35.2 Å². The molecule has 0 aliphatic rings. The zero-order valence-corrected chi connectivity index (χ0v) is 54.6. The van der Waals surface area contributed by atoms with Crippen molar-refractivity contribution in [2.24, 2.45) is 0 Å². The van der Waals surface area contributed by atoms with Crippen LogP contribution in [-0.2, 0) is 22.5 Å². The summed E-state index contributed by atoms with van der Waals surface area (Å²) in [5.74, 6) is 2.26. The molecule has 0 aromatic heterocycles. The second kappa shape index (κ2) is 35.7. The van der Waals surface area contributed by atoms with Crippen LogP contribution in [0.1, 0.15) is 23.7 Å². The Morgan fingerprint density at radius 2 is 0.740 bits per heavy atom. The second-order valence-electron chi connectivity index (χ2n) is 16.6. The number of allylic oxidation sites excluding steroid dienone is 1. The predicted octanol–water partition coefficient (Wildman–Crippen LogP) is 10.4. The van der Waals surface area contributed by atoms with Crippen molar-refractivity contribution in [1.29, 1.82) is 0 Å². The average Bonchev–Trinajstić information content (AvgIpc) is 3.52. The summed E-state index contributed by atoms with van der Waals surface area (Å²) in [5.41, 5.74) is 9.74. The van der Waals surface area contributed by atoms with Crippen LogP contribution < -0.4 is 118 Å². The Hall–Kier alpha value is -3.87. The average molecular weight is 1190 g/mol. The summed E-state index contributed by atoms with van der Waals surface area (Å²) in [6, 6.07) is 66.1. The Morgan fingerprint density at radius 3 is 1.03 bits per heavy atom. The number of phenolic OH excluding ortho intramolecular Hbond substituents is 2. The van der Waals surface area contributed by atoms with Crippen LogP contribution in [0.3, 0.4) is 0 Å². The maximum Gasteiger partial charge on any atom is 1.00 e. The number of carbonyl (C=O) groups excluding carboxylic acids is 1. The number of ether oxygens (including phenoxy) is 2. The van der Waals surface area contributed by atoms with E-state index >= 15 is 0 Å². The fourth-order valence-electron chi connectivity index (χ4n) is 8.82. The zero-order valence-electron chi connectivity index (χ0n) is 44.4. The molecule has 0 saturated carbocycles. The number of fused-ring (bicyclic) bond motifs is 4. The van der Waals surface area contributed by atoms with Gasteiger partial charge in [0.2, 0.25) is 0 Å². The quantitative estimate of drug-likeness (QED) is 0.0163. The molecular formula is C64H60BrK2O7P3. The van der Waals surface area contributed by atoms with E-state index in [1.54, 1.807) is 42.5 Å². The number of hydrogen-bond acceptors (Lipinski definition) is 7. The fraction of sp³-hybridized carbons (Fsp3) is 0.0781. The molecule has 0 bridgehead atoms. The third kappa shape index (κ3) is 18.6. The standard InChI is InChI=1S/C33H28O2.C27H20O2.C3H5Br.CH2O3.2K.H5P3.H/c1-3-21-34-26-17-13-24(14-18-26)23-32-28-9-5-7-11-30(28)33(31-12-8-6-10-29(31)32)25-15-19-27(20-16-25)35-22-4-2;28-20-13-9-18(10-14-20)17-26-22-5-1-3-7-24(22)27(19-11-15-21(29)16-12-19)25-8-4-2-6-23(25)26;1-2-3-4;2-1-4-3;;;1-3-2;/h3-20H,1-2,21-23H2;1-16,28-29H,17H2;2H,1,3H2;1,3H;;;3H,1-2H2;/q;;;;2*+1;;-1/p-1. The number of phenols is 2. The number of hydrogen-bond donors (Lipinski definition) is 2. The van der Waals surface area contributed by atoms with Crippen LogP contribution in [0.2, 0.25) is 0 Å². The Kier molecular flexibility index (Phi) is 30.4. The van der Waals surface area contributed by atoms with Gasteiger partial charge in [0, 0.05) is 5.33 Å². The van der Waals surface area contributed by atoms with Crippen LogP contribution in [0, 0.1) is 0 Å². The van der Waals surface area contributed by atoms with E-state index in [9.17, 15) is 10.2 Å². The monoisotopic (exact) mass is 1190 g/mol. The topological polar surface area (TPSA) is 108 Å². The minimum Gasteiger partial charge on any atom is -1.00 e. The Balaban J connectivity index is 0.000000338. The molecule has 0 aliphatic carbocycles. The van der Waals surface area contributed by atoms with Gasteiger partial charge in [-0.2, -0.15) is 0 Å². The molecule has 0 saturated heterocycles. The predicted molar refractivity (Wildman–Crippen MR) is 327 cm³/mol. The summed E-state index contributed by atoms with van der Waals surface area (Å²) < 4.78 is 11.4. The molecule has 10 rings (SSSR count). The van der Waals surface area contributed by atoms with Gasteiger partial charge >= 0.3 is 103 Å². The summed E-state index contributed by atoms with van der Waals surface area (Å²) in [6.45, 7) is 11.7. The summed E-state index contributed by atoms with van der Waals surface area (Å²) in [5, 5.41) is 38.6. The summed E-state index contributed by atoms with van der Waals surface area (Å²) in [7, 11) is 6.06. The van der Waals surface area contributed by atoms with Crippen molar-refractivity contribution < 1.29 is 139 Å². The molecule has 0 fully saturated rings. The van der Waals surface area contributed by atoms with Crippen molar-refractivity contribution in [1.82, 2.24) is 0 Å². The van der Waals surface area contributed by atoms with Crippen LogP contribution in [0.25, 0.3) is 65.3 Å². The smallest absolute Gasteiger partial charge is 1.00 e. The van der Waals surface area contributed by atoms with E-state index in [1.165, 1.54) is 76.5 Å². The molecule has 2 N–H and O–H groups in total. The van der Waals surface area contributed by atoms with Gasteiger partial charge in [0.25, 0.3) is 6.47 Å². The molecule has 0 amide bonds. The number of halogens is 1. The number of benzene rings is 10. The van der Waals surface area contributed by atoms with Crippen molar-refractivity contribution in [3.63, 3.8) is 0 Å². The first kappa shape index (κ1) is 65.6. The normalized spacial score (nSPS) is 9.97. The molecule has 2 atom stereocenters. The van der Waals surface area contributed by atoms with Gasteiger partial charge < -0.3 is 31.3 Å². The first-order valence-electron chi connectivity index (χ1n) is 23.9. The van der Waals surface area contributed by atoms with Gasteiger partial charge in [-0.1, -0.05) is 201 Å². The van der Waals surface area contributed by atoms with Crippen molar-refractivity contribution >= 4 is 91.3 Å². The molecule has 2 unspecified atom stereocenters. The molecule has 10 aromatic carbocycles. The van der Waals surface area contributed by atoms with E-state index in [4.69, 9.17) is 19.5 Å². The van der Waals surface area contributed by atoms with E-state index in [-0.39, 0.29) is 122 Å². The van der Waals surface area contributed by atoms with Crippen LogP contribution >= 0.6 is 41.7 Å². The van der Waals surface area contributed by atoms with E-state index in [1.807, 2.05) is 48.5 Å². The molecule has 0 spiro atoms. The molecule has 77 heavy (non-hydrogen) atoms. The SMILES string of the molecule is C=CCBr.C=CCOc1ccc(Cc2c3ccccc3c(-c3ccc(OCC=C)cc3)c3ccccc23)cc1.O=CO[O-].Oc1ccc(Cc2c3ccccc3c(-c3ccc(O)cc3)c3ccccc23)cc1.PPP.[H-].[K+].[K+]. The van der Waals surface area contributed by atoms with Gasteiger partial charge in [0.15, 0.2) is 0 Å². The summed E-state index contributed by atoms with van der Waals surface area (Å²) in [4.78, 5) is 11.2. The van der Waals surface area contributed by atoms with Gasteiger partial charge in [-0.25, -0.2) is 0 Å². The van der Waals surface area contributed by atoms with Gasteiger partial charge in [-0.05, 0) is 149 Å². The number of rotatable bonds is 14. The second-order valence-corrected chi connectivity index (χ2v) is 21.6. The zero-order chi connectivity index (χ0) is 53.4. The summed E-state index contributed by atoms with van der Waals surface area (Å²) >= 11 is 3.13. The Bertz CT molecular complexity index is 3340. The third-order valence-corrected chi connectivity index (χ3v) is 12.3. The largest absolute Gasteiger partial charge is 1.00 e. The van der Waals surface area contributed by atoms with E-state index in [0.717, 1.165) is 48.8 Å². The van der Waals surface area contributed by atoms with E-state index < -0.39 is 0 Å². The van der Waals surface area contributed by atoms with Gasteiger partial charge in [-0.15, -0.1) is 24.4 Å². The number of alkyl halides is 1. The van der Waals surface area contributed by atoms with Crippen LogP contribution in [0.5, 0.6) is 23.0 Å². The van der Waals surface area contributed by atoms with Crippen LogP contribution in [0.4, 0.5) is 0 Å². The summed E-state index contributed by atoms with van der Waals surface area (Å²) in [6.07, 6.45) is 6.94. The molecule has 0 aliphatic heterocycles. The third-order valence-electron chi connectivity index (χ3n) is 11.9. The first-order valence-corrected chi connectivity index (χ1v) is 29.6. The molecule has 0 radical (unpaired) electrons. The maximum absolute atomic E-state index is 9.74. The molecule has 7 nitrogen and oxygen atoms in total. The number of aromatic hydroxyl groups is 2. The Morgan fingerprint density at radius 1 is 0.481 bits per heavy atom. The first-order chi connectivity index (χ1) is 36.7. The minimum atomic E-state index is -0.181. The minimum absolute atomic E-state index is 0. The maximum atomic E-state index is 9.74. The van der Waals surface area contributed by atoms with E-state index in [2.05, 4.69) is 180 Å². The van der Waals surface area contributed by atoms with Crippen molar-refractivity contribution in [2.75, 3.05) is 18.5 Å². The fourth-order valence-corrected chi connectivity index (χ4v) is 8.82. The molecule has 0 heterocycles. The molecule has 10 aromatic rings. The van der Waals surface area contributed by atoms with Gasteiger partial charge in [0.1, 0.15) is 36.2 Å². The van der Waals surface area contributed by atoms with Gasteiger partial charge in [-0.3, -0.25) is 4.79 Å². The van der Waals surface area contributed by atoms with Crippen molar-refractivity contribution in [2.45, 2.75) is 12.8 Å². The molecular weight excluding hydrogens is 1130 g/mol. The van der Waals surface area contributed by atoms with Crippen molar-refractivity contribution in [3.8, 4) is 45.3 Å². The molecule has 13 heteroatoms. The van der Waals surface area contributed by atoms with Gasteiger partial charge in [0.05, 0.1) is 0 Å². The van der Waals surface area contributed by atoms with Crippen LogP contribution in [0.15, 0.2) is 232 Å². The van der Waals surface area contributed by atoms with Crippen molar-refractivity contribution in [3.05, 3.63) is 254 Å². The number of carbonyl (C=O) groups is 1. The van der Waals surface area contributed by atoms with E-state index in [0.29, 0.717) is 13.2 Å². The molecule has 382 valence electrons. The Labute approximate surface area is 553 Å².